The molecule has 13 unspecified atom stereocenters. The van der Waals surface area contributed by atoms with Crippen LogP contribution in [0.2, 0.25) is 0 Å². The molecule has 68 heavy (non-hydrogen) atoms. The van der Waals surface area contributed by atoms with E-state index >= 15 is 0 Å². The molecule has 0 bridgehead atoms. The summed E-state index contributed by atoms with van der Waals surface area (Å²) in [5, 5.41) is 83.0. The number of phosphoric acid groups is 1. The second-order valence-electron chi connectivity index (χ2n) is 19.1. The van der Waals surface area contributed by atoms with Crippen molar-refractivity contribution in [3.05, 3.63) is 0 Å². The van der Waals surface area contributed by atoms with Gasteiger partial charge in [-0.1, -0.05) is 181 Å². The van der Waals surface area contributed by atoms with Crippen molar-refractivity contribution >= 4 is 19.8 Å². The highest BCUT2D eigenvalue weighted by atomic mass is 31.2. The number of phosphoric ester groups is 1. The normalized spacial score (nSPS) is 27.7. The minimum absolute atomic E-state index is 0.0398. The summed E-state index contributed by atoms with van der Waals surface area (Å²) in [5.41, 5.74) is 0. The van der Waals surface area contributed by atoms with Gasteiger partial charge in [0.1, 0.15) is 67.6 Å². The average molecular weight is 1000 g/mol. The molecule has 2 rings (SSSR count). The summed E-state index contributed by atoms with van der Waals surface area (Å²) in [6.07, 6.45) is 8.93. The maximum atomic E-state index is 13.4. The summed E-state index contributed by atoms with van der Waals surface area (Å²) in [7, 11) is -5.37. The molecule has 1 heterocycles. The zero-order chi connectivity index (χ0) is 50.2. The topological polar surface area (TPSA) is 289 Å². The van der Waals surface area contributed by atoms with Gasteiger partial charge in [0, 0.05) is 12.8 Å². The van der Waals surface area contributed by atoms with Crippen LogP contribution < -0.4 is 0 Å². The van der Waals surface area contributed by atoms with E-state index in [1.54, 1.807) is 0 Å². The number of ether oxygens (including phenoxy) is 4. The molecule has 2 fully saturated rings. The number of rotatable bonds is 41. The van der Waals surface area contributed by atoms with Crippen LogP contribution >= 0.6 is 7.82 Å². The Morgan fingerprint density at radius 1 is 0.500 bits per heavy atom. The predicted molar refractivity (Wildman–Crippen MR) is 254 cm³/mol. The molecule has 1 saturated carbocycles. The number of aliphatic hydroxyl groups excluding tert-OH is 8. The third kappa shape index (κ3) is 25.9. The van der Waals surface area contributed by atoms with Crippen LogP contribution in [0.15, 0.2) is 0 Å². The molecule has 19 heteroatoms. The summed E-state index contributed by atoms with van der Waals surface area (Å²) in [5.74, 6) is -1.20. The van der Waals surface area contributed by atoms with E-state index in [1.807, 2.05) is 0 Å². The molecule has 1 aliphatic carbocycles. The van der Waals surface area contributed by atoms with Crippen molar-refractivity contribution in [2.75, 3.05) is 19.8 Å². The van der Waals surface area contributed by atoms with E-state index in [2.05, 4.69) is 13.8 Å². The smallest absolute Gasteiger partial charge is 0.462 e. The summed E-state index contributed by atoms with van der Waals surface area (Å²) in [6.45, 7) is 2.25. The molecule has 13 atom stereocenters. The van der Waals surface area contributed by atoms with E-state index < -0.39 is 113 Å². The lowest BCUT2D eigenvalue weighted by Gasteiger charge is -2.47. The highest BCUT2D eigenvalue weighted by molar-refractivity contribution is 7.47. The molecule has 0 aromatic rings. The van der Waals surface area contributed by atoms with E-state index in [9.17, 15) is 59.9 Å². The van der Waals surface area contributed by atoms with Gasteiger partial charge in [-0.05, 0) is 12.8 Å². The van der Waals surface area contributed by atoms with E-state index in [-0.39, 0.29) is 12.8 Å². The number of esters is 2. The fourth-order valence-electron chi connectivity index (χ4n) is 8.70. The van der Waals surface area contributed by atoms with Gasteiger partial charge in [0.2, 0.25) is 0 Å². The quantitative estimate of drug-likeness (QED) is 0.0184. The predicted octanol–water partition coefficient (Wildman–Crippen LogP) is 6.33. The molecule has 18 nitrogen and oxygen atoms in total. The molecule has 402 valence electrons. The lowest BCUT2D eigenvalue weighted by molar-refractivity contribution is -0.338. The van der Waals surface area contributed by atoms with Gasteiger partial charge in [-0.25, -0.2) is 4.57 Å². The molecule has 1 saturated heterocycles. The average Bonchev–Trinajstić information content (AvgIpc) is 3.32. The van der Waals surface area contributed by atoms with Crippen molar-refractivity contribution in [2.24, 2.45) is 0 Å². The van der Waals surface area contributed by atoms with Gasteiger partial charge >= 0.3 is 19.8 Å². The number of hydrogen-bond donors (Lipinski definition) is 9. The van der Waals surface area contributed by atoms with Crippen LogP contribution in [0.4, 0.5) is 0 Å². The lowest BCUT2D eigenvalue weighted by atomic mass is 9.84. The van der Waals surface area contributed by atoms with E-state index in [0.717, 1.165) is 51.4 Å². The Bertz CT molecular complexity index is 1330. The Balaban J connectivity index is 1.93. The third-order valence-corrected chi connectivity index (χ3v) is 14.0. The van der Waals surface area contributed by atoms with Crippen LogP contribution in [0.3, 0.4) is 0 Å². The van der Waals surface area contributed by atoms with Crippen LogP contribution in [0.5, 0.6) is 0 Å². The Labute approximate surface area is 406 Å². The molecule has 0 spiro atoms. The van der Waals surface area contributed by atoms with Gasteiger partial charge < -0.3 is 64.7 Å². The molecular weight excluding hydrogens is 907 g/mol. The highest BCUT2D eigenvalue weighted by Gasteiger charge is 2.55. The Morgan fingerprint density at radius 2 is 0.882 bits per heavy atom. The SMILES string of the molecule is CCCCCCCCCCCCCCCCC(=O)OCC(COP(=O)(O)OC1C(O)C(O)C(O)C(O)C1OC1OC(CO)C(O)C(O)C1O)OC(=O)CCCCCCCCCCCCCCCC. The van der Waals surface area contributed by atoms with Crippen LogP contribution in [-0.4, -0.2) is 151 Å². The number of carbonyl (C=O) groups excluding carboxylic acids is 2. The minimum Gasteiger partial charge on any atom is -0.462 e. The first-order chi connectivity index (χ1) is 32.7. The molecule has 1 aliphatic heterocycles. The standard InChI is InChI=1S/C49H93O18P/c1-3-5-7-9-11-13-15-17-19-21-23-25-27-29-31-38(51)62-34-36(64-39(52)32-30-28-26-24-22-20-18-16-14-12-10-8-6-4-2)35-63-68(60,61)67-48-45(58)43(56)42(55)44(57)47(48)66-49-46(59)41(54)40(53)37(33-50)65-49/h36-37,40-50,53-59H,3-35H2,1-2H3,(H,60,61). The van der Waals surface area contributed by atoms with Gasteiger partial charge in [-0.15, -0.1) is 0 Å². The first kappa shape index (κ1) is 62.8. The van der Waals surface area contributed by atoms with Gasteiger partial charge in [0.15, 0.2) is 12.4 Å². The molecular formula is C49H93O18P. The van der Waals surface area contributed by atoms with Gasteiger partial charge in [-0.2, -0.15) is 0 Å². The Morgan fingerprint density at radius 3 is 1.31 bits per heavy atom. The number of carbonyl (C=O) groups is 2. The summed E-state index contributed by atoms with van der Waals surface area (Å²) in [6, 6.07) is 0. The molecule has 0 amide bonds. The zero-order valence-electron chi connectivity index (χ0n) is 41.4. The number of hydrogen-bond acceptors (Lipinski definition) is 17. The van der Waals surface area contributed by atoms with Gasteiger partial charge in [0.05, 0.1) is 13.2 Å². The lowest BCUT2D eigenvalue weighted by Crippen LogP contribution is -2.67. The van der Waals surface area contributed by atoms with Crippen molar-refractivity contribution in [1.82, 2.24) is 0 Å². The van der Waals surface area contributed by atoms with Gasteiger partial charge in [-0.3, -0.25) is 18.6 Å². The third-order valence-electron chi connectivity index (χ3n) is 13.1. The molecule has 0 aromatic carbocycles. The van der Waals surface area contributed by atoms with E-state index in [0.29, 0.717) is 12.8 Å². The first-order valence-electron chi connectivity index (χ1n) is 26.4. The molecule has 0 radical (unpaired) electrons. The molecule has 0 aromatic heterocycles. The monoisotopic (exact) mass is 1000 g/mol. The largest absolute Gasteiger partial charge is 0.472 e. The second-order valence-corrected chi connectivity index (χ2v) is 20.5. The summed E-state index contributed by atoms with van der Waals surface area (Å²) >= 11 is 0. The fourth-order valence-corrected chi connectivity index (χ4v) is 9.67. The zero-order valence-corrected chi connectivity index (χ0v) is 42.3. The van der Waals surface area contributed by atoms with Gasteiger partial charge in [0.25, 0.3) is 0 Å². The maximum Gasteiger partial charge on any atom is 0.472 e. The van der Waals surface area contributed by atoms with Crippen molar-refractivity contribution in [1.29, 1.82) is 0 Å². The minimum atomic E-state index is -5.37. The van der Waals surface area contributed by atoms with Crippen LogP contribution in [0.1, 0.15) is 206 Å². The highest BCUT2D eigenvalue weighted by Crippen LogP contribution is 2.48. The van der Waals surface area contributed by atoms with Crippen LogP contribution in [-0.2, 0) is 42.1 Å². The Kier molecular flexibility index (Phi) is 34.5. The Hall–Kier alpha value is -1.35. The van der Waals surface area contributed by atoms with Crippen molar-refractivity contribution < 1.29 is 87.9 Å². The van der Waals surface area contributed by atoms with E-state index in [4.69, 9.17) is 28.0 Å². The van der Waals surface area contributed by atoms with Crippen molar-refractivity contribution in [3.63, 3.8) is 0 Å². The van der Waals surface area contributed by atoms with E-state index in [1.165, 1.54) is 116 Å². The maximum absolute atomic E-state index is 13.4. The molecule has 9 N–H and O–H groups in total. The van der Waals surface area contributed by atoms with Crippen LogP contribution in [0, 0.1) is 0 Å². The number of aliphatic hydroxyl groups is 8. The van der Waals surface area contributed by atoms with Crippen molar-refractivity contribution in [2.45, 2.75) is 280 Å². The summed E-state index contributed by atoms with van der Waals surface area (Å²) in [4.78, 5) is 36.6. The summed E-state index contributed by atoms with van der Waals surface area (Å²) < 4.78 is 45.5. The first-order valence-corrected chi connectivity index (χ1v) is 27.9. The fraction of sp³-hybridized carbons (Fsp3) is 0.959. The number of unbranched alkanes of at least 4 members (excludes halogenated alkanes) is 26. The van der Waals surface area contributed by atoms with Crippen molar-refractivity contribution in [3.8, 4) is 0 Å². The second kappa shape index (κ2) is 37.4. The van der Waals surface area contributed by atoms with Crippen LogP contribution in [0.25, 0.3) is 0 Å². The molecule has 2 aliphatic rings.